The number of esters is 4. The third-order valence-electron chi connectivity index (χ3n) is 12.0. The zero-order valence-electron chi connectivity index (χ0n) is 28.0. The fourth-order valence-corrected chi connectivity index (χ4v) is 9.43. The van der Waals surface area contributed by atoms with Crippen LogP contribution in [0.3, 0.4) is 0 Å². The molecule has 12 atom stereocenters. The first-order chi connectivity index (χ1) is 22.2. The molecule has 5 fully saturated rings. The molecule has 2 bridgehead atoms. The number of epoxide rings is 1. The van der Waals surface area contributed by atoms with Gasteiger partial charge in [-0.1, -0.05) is 27.7 Å². The smallest absolute Gasteiger partial charge is 0.351 e. The van der Waals surface area contributed by atoms with Gasteiger partial charge in [0, 0.05) is 18.9 Å². The fourth-order valence-electron chi connectivity index (χ4n) is 9.43. The topological polar surface area (TPSA) is 218 Å². The zero-order chi connectivity index (χ0) is 35.6. The summed E-state index contributed by atoms with van der Waals surface area (Å²) in [6, 6.07) is 1.45. The molecule has 3 N–H and O–H groups in total. The van der Waals surface area contributed by atoms with Crippen molar-refractivity contribution in [1.29, 1.82) is 0 Å². The number of carbonyl (C=O) groups is 5. The van der Waals surface area contributed by atoms with Gasteiger partial charge in [0.1, 0.15) is 18.3 Å². The minimum absolute atomic E-state index is 0.214. The van der Waals surface area contributed by atoms with Gasteiger partial charge in [-0.3, -0.25) is 19.2 Å². The second kappa shape index (κ2) is 10.6. The van der Waals surface area contributed by atoms with Crippen LogP contribution in [0.15, 0.2) is 23.0 Å². The van der Waals surface area contributed by atoms with Crippen molar-refractivity contribution in [3.63, 3.8) is 0 Å². The summed E-state index contributed by atoms with van der Waals surface area (Å²) in [7, 11) is 1.15. The predicted molar refractivity (Wildman–Crippen MR) is 156 cm³/mol. The molecule has 3 saturated heterocycles. The van der Waals surface area contributed by atoms with Crippen LogP contribution in [-0.4, -0.2) is 106 Å². The molecule has 1 aromatic rings. The van der Waals surface area contributed by atoms with Gasteiger partial charge in [0.2, 0.25) is 6.10 Å². The van der Waals surface area contributed by atoms with E-state index in [4.69, 9.17) is 32.8 Å². The van der Waals surface area contributed by atoms with E-state index >= 15 is 4.79 Å². The van der Waals surface area contributed by atoms with Crippen molar-refractivity contribution in [2.24, 2.45) is 28.1 Å². The number of aliphatic hydroxyl groups is 3. The van der Waals surface area contributed by atoms with E-state index in [1.165, 1.54) is 32.4 Å². The van der Waals surface area contributed by atoms with Crippen molar-refractivity contribution < 1.29 is 72.1 Å². The summed E-state index contributed by atoms with van der Waals surface area (Å²) in [5.41, 5.74) is -12.8. The number of furan rings is 1. The highest BCUT2D eigenvalue weighted by molar-refractivity contribution is 5.99. The number of Topliss-reactive ketones (excluding diaryl/α,β-unsaturated/α-hetero) is 1. The Morgan fingerprint density at radius 3 is 2.25 bits per heavy atom. The number of hydrogen-bond acceptors (Lipinski definition) is 15. The van der Waals surface area contributed by atoms with E-state index in [-0.39, 0.29) is 5.56 Å². The number of ketones is 1. The van der Waals surface area contributed by atoms with Crippen molar-refractivity contribution in [3.05, 3.63) is 24.2 Å². The summed E-state index contributed by atoms with van der Waals surface area (Å²) in [5, 5.41) is 37.4. The maximum absolute atomic E-state index is 15.5. The Labute approximate surface area is 276 Å². The highest BCUT2D eigenvalue weighted by Crippen LogP contribution is 2.77. The van der Waals surface area contributed by atoms with Crippen LogP contribution in [0.5, 0.6) is 0 Å². The standard InChI is InChI=1S/C33H42O15/c1-14(2)24(37)46-19-20(36)28(4,5)17(11-18(35)42-8)29(6)22(19)48-33-23(45-15(3)34)25(38)47-21(16-9-10-43-12-16)30(33,7)27(40)32(41,26(29)39)31(33)13-44-31/h9-10,12,14,17,19-23,27,36,40-41H,11,13H2,1-8H3/t17-,19-,20+,21-,22-,23+,27+,29+,30+,31-,32+,33+/m0/s1. The van der Waals surface area contributed by atoms with E-state index in [0.29, 0.717) is 0 Å². The van der Waals surface area contributed by atoms with Crippen LogP contribution in [0.2, 0.25) is 0 Å². The van der Waals surface area contributed by atoms with E-state index in [2.05, 4.69) is 0 Å². The number of fused-ring (bicyclic) bond motifs is 1. The van der Waals surface area contributed by atoms with Crippen LogP contribution < -0.4 is 0 Å². The number of carbonyl (C=O) groups excluding carboxylic acids is 5. The summed E-state index contributed by atoms with van der Waals surface area (Å²) in [6.07, 6.45) is -8.52. The normalized spacial score (nSPS) is 45.5. The lowest BCUT2D eigenvalue weighted by atomic mass is 9.48. The number of ether oxygens (including phenoxy) is 6. The monoisotopic (exact) mass is 678 g/mol. The molecule has 2 saturated carbocycles. The number of aliphatic hydroxyl groups excluding tert-OH is 2. The molecule has 6 rings (SSSR count). The first kappa shape index (κ1) is 34.5. The summed E-state index contributed by atoms with van der Waals surface area (Å²) in [6.45, 7) is 9.64. The molecular weight excluding hydrogens is 636 g/mol. The maximum Gasteiger partial charge on any atom is 0.351 e. The van der Waals surface area contributed by atoms with Crippen LogP contribution in [0.1, 0.15) is 66.6 Å². The molecule has 0 radical (unpaired) electrons. The largest absolute Gasteiger partial charge is 0.472 e. The van der Waals surface area contributed by atoms with Crippen LogP contribution in [0.4, 0.5) is 0 Å². The van der Waals surface area contributed by atoms with Gasteiger partial charge in [0.05, 0.1) is 49.1 Å². The average molecular weight is 679 g/mol. The van der Waals surface area contributed by atoms with Crippen LogP contribution >= 0.6 is 0 Å². The number of rotatable bonds is 6. The van der Waals surface area contributed by atoms with Gasteiger partial charge in [-0.05, 0) is 31.2 Å². The minimum atomic E-state index is -2.90. The van der Waals surface area contributed by atoms with Crippen molar-refractivity contribution in [3.8, 4) is 0 Å². The lowest BCUT2D eigenvalue weighted by Crippen LogP contribution is -2.76. The lowest BCUT2D eigenvalue weighted by molar-refractivity contribution is -0.330. The van der Waals surface area contributed by atoms with Gasteiger partial charge in [0.25, 0.3) is 0 Å². The summed E-state index contributed by atoms with van der Waals surface area (Å²) >= 11 is 0. The Morgan fingerprint density at radius 2 is 1.73 bits per heavy atom. The summed E-state index contributed by atoms with van der Waals surface area (Å²) < 4.78 is 40.6. The Kier molecular flexibility index (Phi) is 7.59. The molecule has 4 heterocycles. The van der Waals surface area contributed by atoms with Gasteiger partial charge < -0.3 is 48.2 Å². The van der Waals surface area contributed by atoms with E-state index < -0.39 is 124 Å². The molecule has 15 heteroatoms. The zero-order valence-corrected chi connectivity index (χ0v) is 28.0. The summed E-state index contributed by atoms with van der Waals surface area (Å²) in [5.74, 6) is -6.57. The number of methoxy groups -OCH3 is 1. The van der Waals surface area contributed by atoms with Crippen LogP contribution in [0.25, 0.3) is 0 Å². The number of hydrogen-bond donors (Lipinski definition) is 3. The van der Waals surface area contributed by atoms with Crippen molar-refractivity contribution >= 4 is 29.7 Å². The maximum atomic E-state index is 15.5. The first-order valence-electron chi connectivity index (χ1n) is 15.9. The molecule has 0 amide bonds. The fraction of sp³-hybridized carbons (Fsp3) is 0.727. The molecule has 15 nitrogen and oxygen atoms in total. The molecule has 1 aromatic heterocycles. The molecular formula is C33H42O15. The molecule has 2 spiro atoms. The van der Waals surface area contributed by atoms with Gasteiger partial charge in [-0.2, -0.15) is 0 Å². The SMILES string of the molecule is COC(=O)C[C@H]1C(C)(C)[C@H](O)[C@H](OC(=O)C(C)C)[C@@H]2O[C@]34[C@H](OC(C)=O)C(=O)O[C@@H](c5ccoc5)[C@]3(C)[C@@H](O)[C@](O)(C(=O)[C@@]21C)[C@@]41CO1. The predicted octanol–water partition coefficient (Wildman–Crippen LogP) is 0.551. The van der Waals surface area contributed by atoms with Crippen LogP contribution in [-0.2, 0) is 52.4 Å². The van der Waals surface area contributed by atoms with E-state index in [1.807, 2.05) is 0 Å². The summed E-state index contributed by atoms with van der Waals surface area (Å²) in [4.78, 5) is 68.3. The second-order valence-corrected chi connectivity index (χ2v) is 15.0. The Balaban J connectivity index is 1.70. The molecule has 264 valence electrons. The van der Waals surface area contributed by atoms with Crippen molar-refractivity contribution in [1.82, 2.24) is 0 Å². The molecule has 48 heavy (non-hydrogen) atoms. The van der Waals surface area contributed by atoms with Crippen LogP contribution in [0, 0.1) is 28.1 Å². The third-order valence-corrected chi connectivity index (χ3v) is 12.0. The van der Waals surface area contributed by atoms with E-state index in [9.17, 15) is 34.5 Å². The second-order valence-electron chi connectivity index (χ2n) is 15.0. The third kappa shape index (κ3) is 3.84. The molecule has 2 aliphatic carbocycles. The Morgan fingerprint density at radius 1 is 1.08 bits per heavy atom. The molecule has 3 aliphatic heterocycles. The van der Waals surface area contributed by atoms with Gasteiger partial charge in [-0.15, -0.1) is 0 Å². The molecule has 5 aliphatic rings. The van der Waals surface area contributed by atoms with Crippen molar-refractivity contribution in [2.45, 2.75) is 108 Å². The van der Waals surface area contributed by atoms with Gasteiger partial charge in [0.15, 0.2) is 28.7 Å². The first-order valence-corrected chi connectivity index (χ1v) is 15.9. The Hall–Kier alpha value is -3.37. The molecule has 0 unspecified atom stereocenters. The molecule has 0 aromatic carbocycles. The lowest BCUT2D eigenvalue weighted by Gasteiger charge is -2.62. The highest BCUT2D eigenvalue weighted by Gasteiger charge is 2.98. The highest BCUT2D eigenvalue weighted by atomic mass is 16.7. The van der Waals surface area contributed by atoms with Crippen molar-refractivity contribution in [2.75, 3.05) is 13.7 Å². The quantitative estimate of drug-likeness (QED) is 0.213. The van der Waals surface area contributed by atoms with E-state index in [1.54, 1.807) is 27.7 Å². The van der Waals surface area contributed by atoms with E-state index in [0.717, 1.165) is 14.0 Å². The van der Waals surface area contributed by atoms with Gasteiger partial charge >= 0.3 is 23.9 Å². The number of cyclic esters (lactones) is 1. The Bertz CT molecular complexity index is 1550. The minimum Gasteiger partial charge on any atom is -0.472 e. The van der Waals surface area contributed by atoms with Gasteiger partial charge in [-0.25, -0.2) is 4.79 Å². The average Bonchev–Trinajstić information content (AvgIpc) is 3.65.